The largest absolute Gasteiger partial charge is 0.318 e. The fraction of sp³-hybridized carbons (Fsp3) is 0.211. The molecule has 0 saturated carbocycles. The highest BCUT2D eigenvalue weighted by molar-refractivity contribution is 6.43. The van der Waals surface area contributed by atoms with Crippen molar-refractivity contribution in [1.82, 2.24) is 0 Å². The van der Waals surface area contributed by atoms with E-state index in [1.807, 2.05) is 23.1 Å². The first-order valence-electron chi connectivity index (χ1n) is 8.25. The van der Waals surface area contributed by atoms with Gasteiger partial charge in [-0.05, 0) is 48.2 Å². The summed E-state index contributed by atoms with van der Waals surface area (Å²) in [5.74, 6) is -1.26. The zero-order valence-electron chi connectivity index (χ0n) is 13.5. The Morgan fingerprint density at radius 1 is 0.840 bits per heavy atom. The minimum Gasteiger partial charge on any atom is -0.318 e. The molecular formula is C19H17N3O3. The summed E-state index contributed by atoms with van der Waals surface area (Å²) < 4.78 is 0. The average Bonchev–Trinajstić information content (AvgIpc) is 3.04. The van der Waals surface area contributed by atoms with Crippen molar-refractivity contribution in [3.05, 3.63) is 53.6 Å². The lowest BCUT2D eigenvalue weighted by Gasteiger charge is -2.25. The summed E-state index contributed by atoms with van der Waals surface area (Å²) in [6.07, 6.45) is 1.92. The molecule has 0 aromatic heterocycles. The molecule has 6 heteroatoms. The molecule has 0 aliphatic carbocycles. The minimum atomic E-state index is -0.711. The van der Waals surface area contributed by atoms with Crippen LogP contribution in [0.1, 0.15) is 17.5 Å². The smallest absolute Gasteiger partial charge is 0.314 e. The second-order valence-corrected chi connectivity index (χ2v) is 6.21. The quantitative estimate of drug-likeness (QED) is 0.825. The minimum absolute atomic E-state index is 0.158. The van der Waals surface area contributed by atoms with Gasteiger partial charge in [-0.3, -0.25) is 14.4 Å². The number of para-hydroxylation sites is 1. The van der Waals surface area contributed by atoms with Crippen LogP contribution < -0.4 is 15.5 Å². The molecule has 4 rings (SSSR count). The van der Waals surface area contributed by atoms with Gasteiger partial charge in [0.2, 0.25) is 5.91 Å². The van der Waals surface area contributed by atoms with Crippen LogP contribution in [-0.4, -0.2) is 24.3 Å². The summed E-state index contributed by atoms with van der Waals surface area (Å²) in [7, 11) is 0. The summed E-state index contributed by atoms with van der Waals surface area (Å²) >= 11 is 0. The Bertz CT molecular complexity index is 877. The van der Waals surface area contributed by atoms with Crippen molar-refractivity contribution >= 4 is 34.8 Å². The highest BCUT2D eigenvalue weighted by Gasteiger charge is 2.31. The highest BCUT2D eigenvalue weighted by Crippen LogP contribution is 2.38. The normalized spacial score (nSPS) is 14.9. The first kappa shape index (κ1) is 15.4. The van der Waals surface area contributed by atoms with E-state index < -0.39 is 11.8 Å². The van der Waals surface area contributed by atoms with Crippen LogP contribution in [0.4, 0.5) is 17.1 Å². The SMILES string of the molecule is O=C(Nc1ccccc1)C(=O)Nc1cc2c3c(c1)CCN3C(=O)CC2. The van der Waals surface area contributed by atoms with Crippen molar-refractivity contribution in [3.8, 4) is 0 Å². The van der Waals surface area contributed by atoms with Crippen LogP contribution >= 0.6 is 0 Å². The lowest BCUT2D eigenvalue weighted by molar-refractivity contribution is -0.132. The Labute approximate surface area is 144 Å². The molecule has 0 spiro atoms. The predicted molar refractivity (Wildman–Crippen MR) is 94.5 cm³/mol. The van der Waals surface area contributed by atoms with E-state index in [4.69, 9.17) is 0 Å². The molecule has 6 nitrogen and oxygen atoms in total. The number of carbonyl (C=O) groups excluding carboxylic acids is 3. The molecule has 2 aliphatic heterocycles. The van der Waals surface area contributed by atoms with E-state index in [9.17, 15) is 14.4 Å². The van der Waals surface area contributed by atoms with Crippen molar-refractivity contribution in [1.29, 1.82) is 0 Å². The molecule has 0 atom stereocenters. The molecule has 2 heterocycles. The summed E-state index contributed by atoms with van der Waals surface area (Å²) in [5, 5.41) is 5.23. The van der Waals surface area contributed by atoms with E-state index >= 15 is 0 Å². The third kappa shape index (κ3) is 2.87. The van der Waals surface area contributed by atoms with Crippen molar-refractivity contribution in [3.63, 3.8) is 0 Å². The maximum Gasteiger partial charge on any atom is 0.314 e. The Morgan fingerprint density at radius 2 is 1.48 bits per heavy atom. The van der Waals surface area contributed by atoms with E-state index in [0.717, 1.165) is 23.2 Å². The van der Waals surface area contributed by atoms with Gasteiger partial charge in [0.15, 0.2) is 0 Å². The number of hydrogen-bond acceptors (Lipinski definition) is 3. The topological polar surface area (TPSA) is 78.5 Å². The molecular weight excluding hydrogens is 318 g/mol. The van der Waals surface area contributed by atoms with Crippen LogP contribution in [0.3, 0.4) is 0 Å². The zero-order valence-corrected chi connectivity index (χ0v) is 13.5. The van der Waals surface area contributed by atoms with Crippen LogP contribution in [0.2, 0.25) is 0 Å². The molecule has 0 unspecified atom stereocenters. The van der Waals surface area contributed by atoms with Crippen molar-refractivity contribution in [2.75, 3.05) is 22.1 Å². The third-order valence-corrected chi connectivity index (χ3v) is 4.55. The van der Waals surface area contributed by atoms with Gasteiger partial charge < -0.3 is 15.5 Å². The van der Waals surface area contributed by atoms with Crippen LogP contribution in [0.15, 0.2) is 42.5 Å². The standard InChI is InChI=1S/C19H17N3O3/c23-16-7-6-12-10-15(11-13-8-9-22(16)17(12)13)21-19(25)18(24)20-14-4-2-1-3-5-14/h1-5,10-11H,6-9H2,(H,20,24)(H,21,25). The van der Waals surface area contributed by atoms with E-state index in [1.54, 1.807) is 24.3 Å². The number of amides is 3. The summed E-state index contributed by atoms with van der Waals surface area (Å²) in [4.78, 5) is 38.0. The number of nitrogens with zero attached hydrogens (tertiary/aromatic N) is 1. The molecule has 25 heavy (non-hydrogen) atoms. The van der Waals surface area contributed by atoms with Crippen molar-refractivity contribution in [2.24, 2.45) is 0 Å². The van der Waals surface area contributed by atoms with Gasteiger partial charge in [-0.1, -0.05) is 18.2 Å². The first-order chi connectivity index (χ1) is 12.1. The fourth-order valence-electron chi connectivity index (χ4n) is 3.43. The van der Waals surface area contributed by atoms with Gasteiger partial charge in [-0.25, -0.2) is 0 Å². The van der Waals surface area contributed by atoms with Crippen molar-refractivity contribution in [2.45, 2.75) is 19.3 Å². The number of anilines is 3. The van der Waals surface area contributed by atoms with Crippen molar-refractivity contribution < 1.29 is 14.4 Å². The number of benzene rings is 2. The molecule has 0 fully saturated rings. The molecule has 126 valence electrons. The molecule has 0 radical (unpaired) electrons. The van der Waals surface area contributed by atoms with E-state index in [-0.39, 0.29) is 5.91 Å². The molecule has 0 saturated heterocycles. The molecule has 2 aromatic carbocycles. The van der Waals surface area contributed by atoms with E-state index in [1.165, 1.54) is 0 Å². The van der Waals surface area contributed by atoms with E-state index in [2.05, 4.69) is 10.6 Å². The van der Waals surface area contributed by atoms with Gasteiger partial charge in [-0.15, -0.1) is 0 Å². The molecule has 0 bridgehead atoms. The average molecular weight is 335 g/mol. The van der Waals surface area contributed by atoms with Gasteiger partial charge in [0, 0.05) is 24.3 Å². The number of carbonyl (C=O) groups is 3. The van der Waals surface area contributed by atoms with Crippen LogP contribution in [0, 0.1) is 0 Å². The van der Waals surface area contributed by atoms with Crippen LogP contribution in [-0.2, 0) is 27.2 Å². The van der Waals surface area contributed by atoms with Gasteiger partial charge in [0.1, 0.15) is 0 Å². The monoisotopic (exact) mass is 335 g/mol. The number of rotatable bonds is 2. The Balaban J connectivity index is 1.51. The summed E-state index contributed by atoms with van der Waals surface area (Å²) in [6, 6.07) is 12.5. The maximum absolute atomic E-state index is 12.2. The van der Waals surface area contributed by atoms with Crippen LogP contribution in [0.25, 0.3) is 0 Å². The highest BCUT2D eigenvalue weighted by atomic mass is 16.2. The van der Waals surface area contributed by atoms with Crippen LogP contribution in [0.5, 0.6) is 0 Å². The third-order valence-electron chi connectivity index (χ3n) is 4.55. The molecule has 3 amide bonds. The van der Waals surface area contributed by atoms with E-state index in [0.29, 0.717) is 30.8 Å². The number of aryl methyl sites for hydroxylation is 1. The Morgan fingerprint density at radius 3 is 2.20 bits per heavy atom. The van der Waals surface area contributed by atoms with Gasteiger partial charge in [0.05, 0.1) is 5.69 Å². The number of nitrogens with one attached hydrogen (secondary N) is 2. The second kappa shape index (κ2) is 6.05. The fourth-order valence-corrected chi connectivity index (χ4v) is 3.43. The predicted octanol–water partition coefficient (Wildman–Crippen LogP) is 2.10. The lowest BCUT2D eigenvalue weighted by Crippen LogP contribution is -2.33. The summed E-state index contributed by atoms with van der Waals surface area (Å²) in [6.45, 7) is 0.688. The molecule has 2 aliphatic rings. The Hall–Kier alpha value is -3.15. The van der Waals surface area contributed by atoms with Gasteiger partial charge >= 0.3 is 11.8 Å². The first-order valence-corrected chi connectivity index (χ1v) is 8.25. The van der Waals surface area contributed by atoms with Gasteiger partial charge in [0.25, 0.3) is 0 Å². The van der Waals surface area contributed by atoms with Gasteiger partial charge in [-0.2, -0.15) is 0 Å². The lowest BCUT2D eigenvalue weighted by atomic mass is 9.98. The molecule has 2 aromatic rings. The summed E-state index contributed by atoms with van der Waals surface area (Å²) in [5.41, 5.74) is 4.25. The maximum atomic E-state index is 12.2. The zero-order chi connectivity index (χ0) is 17.4. The number of hydrogen-bond donors (Lipinski definition) is 2. The second-order valence-electron chi connectivity index (χ2n) is 6.21. The molecule has 2 N–H and O–H groups in total. The Kier molecular flexibility index (Phi) is 3.72.